The van der Waals surface area contributed by atoms with E-state index >= 15 is 0 Å². The summed E-state index contributed by atoms with van der Waals surface area (Å²) < 4.78 is 13.2. The van der Waals surface area contributed by atoms with E-state index in [2.05, 4.69) is 5.32 Å². The lowest BCUT2D eigenvalue weighted by Crippen LogP contribution is -2.29. The van der Waals surface area contributed by atoms with Crippen LogP contribution in [0.5, 0.6) is 0 Å². The van der Waals surface area contributed by atoms with E-state index in [9.17, 15) is 4.39 Å². The van der Waals surface area contributed by atoms with Crippen LogP contribution in [0.3, 0.4) is 0 Å². The topological polar surface area (TPSA) is 32.3 Å². The fourth-order valence-electron chi connectivity index (χ4n) is 1.04. The van der Waals surface area contributed by atoms with Crippen molar-refractivity contribution in [3.8, 4) is 0 Å². The third kappa shape index (κ3) is 2.94. The second kappa shape index (κ2) is 5.29. The van der Waals surface area contributed by atoms with Crippen molar-refractivity contribution in [1.29, 1.82) is 0 Å². The summed E-state index contributed by atoms with van der Waals surface area (Å²) in [6.07, 6.45) is 0. The Balaban J connectivity index is 2.66. The average Bonchev–Trinajstić information content (AvgIpc) is 2.16. The van der Waals surface area contributed by atoms with Crippen molar-refractivity contribution >= 4 is 11.6 Å². The van der Waals surface area contributed by atoms with Gasteiger partial charge in [-0.3, -0.25) is 0 Å². The minimum Gasteiger partial charge on any atom is -0.395 e. The van der Waals surface area contributed by atoms with Gasteiger partial charge in [-0.2, -0.15) is 0 Å². The molecular weight excluding hydrogens is 205 g/mol. The van der Waals surface area contributed by atoms with E-state index in [4.69, 9.17) is 16.7 Å². The Kier molecular flexibility index (Phi) is 4.32. The van der Waals surface area contributed by atoms with Gasteiger partial charge in [-0.25, -0.2) is 4.39 Å². The van der Waals surface area contributed by atoms with Gasteiger partial charge >= 0.3 is 0 Å². The first-order valence-corrected chi connectivity index (χ1v) is 4.80. The molecule has 0 unspecified atom stereocenters. The highest BCUT2D eigenvalue weighted by Crippen LogP contribution is 2.18. The maximum Gasteiger partial charge on any atom is 0.129 e. The molecule has 0 saturated carbocycles. The molecule has 0 bridgehead atoms. The minimum absolute atomic E-state index is 0.0199. The number of hydrogen-bond donors (Lipinski definition) is 2. The second-order valence-corrected chi connectivity index (χ2v) is 3.57. The first kappa shape index (κ1) is 11.4. The number of aliphatic hydroxyl groups excluding tert-OH is 1. The van der Waals surface area contributed by atoms with Crippen molar-refractivity contribution in [2.24, 2.45) is 0 Å². The van der Waals surface area contributed by atoms with Crippen LogP contribution in [0.1, 0.15) is 12.5 Å². The van der Waals surface area contributed by atoms with Gasteiger partial charge in [-0.15, -0.1) is 0 Å². The summed E-state index contributed by atoms with van der Waals surface area (Å²) in [5.41, 5.74) is 0.439. The third-order valence-corrected chi connectivity index (χ3v) is 2.32. The molecule has 1 aromatic carbocycles. The third-order valence-electron chi connectivity index (χ3n) is 1.96. The van der Waals surface area contributed by atoms with E-state index in [-0.39, 0.29) is 18.5 Å². The highest BCUT2D eigenvalue weighted by Gasteiger charge is 2.07. The van der Waals surface area contributed by atoms with Crippen LogP contribution >= 0.6 is 11.6 Å². The van der Waals surface area contributed by atoms with Crippen LogP contribution in [0.2, 0.25) is 5.02 Å². The molecule has 0 saturated heterocycles. The summed E-state index contributed by atoms with van der Waals surface area (Å²) in [7, 11) is 0. The number of rotatable bonds is 4. The molecule has 2 nitrogen and oxygen atoms in total. The van der Waals surface area contributed by atoms with Gasteiger partial charge in [0.2, 0.25) is 0 Å². The van der Waals surface area contributed by atoms with Crippen molar-refractivity contribution in [3.63, 3.8) is 0 Å². The number of benzene rings is 1. The van der Waals surface area contributed by atoms with E-state index in [1.807, 2.05) is 6.92 Å². The molecule has 2 N–H and O–H groups in total. The Morgan fingerprint density at radius 1 is 1.57 bits per heavy atom. The molecule has 0 aliphatic rings. The smallest absolute Gasteiger partial charge is 0.129 e. The fraction of sp³-hybridized carbons (Fsp3) is 0.400. The van der Waals surface area contributed by atoms with Crippen LogP contribution in [-0.4, -0.2) is 17.8 Å². The molecule has 1 aromatic rings. The minimum atomic E-state index is -0.324. The normalized spacial score (nSPS) is 12.9. The number of halogens is 2. The molecule has 0 amide bonds. The van der Waals surface area contributed by atoms with Crippen LogP contribution in [0.4, 0.5) is 4.39 Å². The van der Waals surface area contributed by atoms with Gasteiger partial charge in [0.15, 0.2) is 0 Å². The highest BCUT2D eigenvalue weighted by atomic mass is 35.5. The van der Waals surface area contributed by atoms with E-state index in [1.54, 1.807) is 12.1 Å². The maximum atomic E-state index is 13.2. The SMILES string of the molecule is C[C@@H](CO)NCc1c(F)cccc1Cl. The fourth-order valence-corrected chi connectivity index (χ4v) is 1.27. The molecule has 0 spiro atoms. The van der Waals surface area contributed by atoms with Gasteiger partial charge in [0.25, 0.3) is 0 Å². The van der Waals surface area contributed by atoms with Crippen molar-refractivity contribution < 1.29 is 9.50 Å². The van der Waals surface area contributed by atoms with Crippen LogP contribution < -0.4 is 5.32 Å². The van der Waals surface area contributed by atoms with Crippen molar-refractivity contribution in [1.82, 2.24) is 5.32 Å². The lowest BCUT2D eigenvalue weighted by molar-refractivity contribution is 0.250. The summed E-state index contributed by atoms with van der Waals surface area (Å²) in [4.78, 5) is 0. The summed E-state index contributed by atoms with van der Waals surface area (Å²) in [6, 6.07) is 4.51. The molecule has 0 aliphatic carbocycles. The van der Waals surface area contributed by atoms with Gasteiger partial charge in [0, 0.05) is 23.2 Å². The zero-order valence-corrected chi connectivity index (χ0v) is 8.68. The molecule has 1 atom stereocenters. The van der Waals surface area contributed by atoms with Crippen LogP contribution in [-0.2, 0) is 6.54 Å². The Labute approximate surface area is 87.7 Å². The zero-order valence-electron chi connectivity index (χ0n) is 7.93. The Bertz CT molecular complexity index is 286. The first-order valence-electron chi connectivity index (χ1n) is 4.42. The van der Waals surface area contributed by atoms with E-state index in [0.717, 1.165) is 0 Å². The van der Waals surface area contributed by atoms with Gasteiger partial charge < -0.3 is 10.4 Å². The summed E-state index contributed by atoms with van der Waals surface area (Å²) in [6.45, 7) is 2.16. The predicted octanol–water partition coefficient (Wildman–Crippen LogP) is 1.95. The Morgan fingerprint density at radius 2 is 2.29 bits per heavy atom. The molecule has 14 heavy (non-hydrogen) atoms. The molecule has 4 heteroatoms. The first-order chi connectivity index (χ1) is 6.65. The molecule has 0 aromatic heterocycles. The van der Waals surface area contributed by atoms with Gasteiger partial charge in [0.05, 0.1) is 6.61 Å². The number of hydrogen-bond acceptors (Lipinski definition) is 2. The van der Waals surface area contributed by atoms with Crippen molar-refractivity contribution in [2.75, 3.05) is 6.61 Å². The average molecular weight is 218 g/mol. The van der Waals surface area contributed by atoms with Gasteiger partial charge in [-0.1, -0.05) is 17.7 Å². The Morgan fingerprint density at radius 3 is 2.86 bits per heavy atom. The molecule has 78 valence electrons. The summed E-state index contributed by atoms with van der Waals surface area (Å²) in [5, 5.41) is 12.1. The molecule has 0 aliphatic heterocycles. The summed E-state index contributed by atoms with van der Waals surface area (Å²) in [5.74, 6) is -0.324. The predicted molar refractivity (Wildman–Crippen MR) is 54.8 cm³/mol. The molecule has 0 heterocycles. The highest BCUT2D eigenvalue weighted by molar-refractivity contribution is 6.31. The van der Waals surface area contributed by atoms with E-state index < -0.39 is 0 Å². The maximum absolute atomic E-state index is 13.2. The van der Waals surface area contributed by atoms with E-state index in [0.29, 0.717) is 17.1 Å². The van der Waals surface area contributed by atoms with Crippen molar-refractivity contribution in [2.45, 2.75) is 19.5 Å². The lowest BCUT2D eigenvalue weighted by atomic mass is 10.2. The second-order valence-electron chi connectivity index (χ2n) is 3.16. The number of nitrogens with one attached hydrogen (secondary N) is 1. The molecule has 1 rings (SSSR count). The van der Waals surface area contributed by atoms with Gasteiger partial charge in [-0.05, 0) is 19.1 Å². The van der Waals surface area contributed by atoms with Crippen LogP contribution in [0, 0.1) is 5.82 Å². The summed E-state index contributed by atoms with van der Waals surface area (Å²) >= 11 is 5.81. The lowest BCUT2D eigenvalue weighted by Gasteiger charge is -2.11. The van der Waals surface area contributed by atoms with Crippen molar-refractivity contribution in [3.05, 3.63) is 34.6 Å². The standard InChI is InChI=1S/C10H13ClFNO/c1-7(6-14)13-5-8-9(11)3-2-4-10(8)12/h2-4,7,13-14H,5-6H2,1H3/t7-/m0/s1. The largest absolute Gasteiger partial charge is 0.395 e. The zero-order chi connectivity index (χ0) is 10.6. The number of aliphatic hydroxyl groups is 1. The molecule has 0 radical (unpaired) electrons. The van der Waals surface area contributed by atoms with Crippen LogP contribution in [0.15, 0.2) is 18.2 Å². The quantitative estimate of drug-likeness (QED) is 0.808. The molecule has 0 fully saturated rings. The molecular formula is C10H13ClFNO. The van der Waals surface area contributed by atoms with Gasteiger partial charge in [0.1, 0.15) is 5.82 Å². The van der Waals surface area contributed by atoms with Crippen LogP contribution in [0.25, 0.3) is 0 Å². The Hall–Kier alpha value is -0.640. The van der Waals surface area contributed by atoms with E-state index in [1.165, 1.54) is 6.07 Å². The monoisotopic (exact) mass is 217 g/mol.